The Kier molecular flexibility index (Phi) is 7.25. The minimum Gasteiger partial charge on any atom is -0.342 e. The fraction of sp³-hybridized carbons (Fsp3) is 0.895. The zero-order chi connectivity index (χ0) is 18.4. The molecule has 25 heavy (non-hydrogen) atoms. The highest BCUT2D eigenvalue weighted by molar-refractivity contribution is 5.80. The summed E-state index contributed by atoms with van der Waals surface area (Å²) in [6.45, 7) is 11.2. The van der Waals surface area contributed by atoms with E-state index in [1.807, 2.05) is 30.6 Å². The highest BCUT2D eigenvalue weighted by atomic mass is 16.2. The molecule has 0 spiro atoms. The molecule has 1 saturated heterocycles. The van der Waals surface area contributed by atoms with Crippen LogP contribution in [0.15, 0.2) is 0 Å². The summed E-state index contributed by atoms with van der Waals surface area (Å²) in [6, 6.07) is 0. The van der Waals surface area contributed by atoms with E-state index in [4.69, 9.17) is 5.73 Å². The summed E-state index contributed by atoms with van der Waals surface area (Å²) < 4.78 is 0. The third kappa shape index (κ3) is 5.17. The first-order valence-corrected chi connectivity index (χ1v) is 9.96. The van der Waals surface area contributed by atoms with Crippen molar-refractivity contribution < 1.29 is 9.59 Å². The summed E-state index contributed by atoms with van der Waals surface area (Å²) in [5.74, 6) is 0.360. The van der Waals surface area contributed by atoms with Gasteiger partial charge in [0.15, 0.2) is 0 Å². The SMILES string of the molecule is CCN(CC)C(=O)CN1CCCN(C(=O)C2CCCCC2(C)N)CC1. The van der Waals surface area contributed by atoms with Gasteiger partial charge in [0.25, 0.3) is 0 Å². The lowest BCUT2D eigenvalue weighted by molar-refractivity contribution is -0.138. The number of carbonyl (C=O) groups excluding carboxylic acids is 2. The predicted molar refractivity (Wildman–Crippen MR) is 100 cm³/mol. The molecule has 1 aliphatic carbocycles. The zero-order valence-corrected chi connectivity index (χ0v) is 16.3. The first kappa shape index (κ1) is 20.2. The van der Waals surface area contributed by atoms with Crippen molar-refractivity contribution >= 4 is 11.8 Å². The van der Waals surface area contributed by atoms with Crippen LogP contribution in [0.5, 0.6) is 0 Å². The van der Waals surface area contributed by atoms with Crippen LogP contribution in [-0.2, 0) is 9.59 Å². The van der Waals surface area contributed by atoms with Gasteiger partial charge in [0.05, 0.1) is 12.5 Å². The van der Waals surface area contributed by atoms with Gasteiger partial charge < -0.3 is 15.5 Å². The van der Waals surface area contributed by atoms with Crippen molar-refractivity contribution in [3.8, 4) is 0 Å². The molecule has 6 heteroatoms. The van der Waals surface area contributed by atoms with Gasteiger partial charge in [0, 0.05) is 44.8 Å². The predicted octanol–water partition coefficient (Wildman–Crippen LogP) is 1.30. The number of likely N-dealkylation sites (N-methyl/N-ethyl adjacent to an activating group) is 1. The number of amides is 2. The molecule has 2 rings (SSSR count). The van der Waals surface area contributed by atoms with Gasteiger partial charge in [-0.1, -0.05) is 12.8 Å². The van der Waals surface area contributed by atoms with Crippen LogP contribution in [0.4, 0.5) is 0 Å². The van der Waals surface area contributed by atoms with Gasteiger partial charge in [0.2, 0.25) is 11.8 Å². The molecule has 1 saturated carbocycles. The molecule has 0 aromatic carbocycles. The van der Waals surface area contributed by atoms with Crippen LogP contribution >= 0.6 is 0 Å². The number of hydrogen-bond acceptors (Lipinski definition) is 4. The summed E-state index contributed by atoms with van der Waals surface area (Å²) in [5, 5.41) is 0. The fourth-order valence-corrected chi connectivity index (χ4v) is 4.20. The molecule has 1 heterocycles. The fourth-order valence-electron chi connectivity index (χ4n) is 4.20. The Morgan fingerprint density at radius 1 is 1.08 bits per heavy atom. The number of nitrogens with zero attached hydrogens (tertiary/aromatic N) is 3. The smallest absolute Gasteiger partial charge is 0.236 e. The van der Waals surface area contributed by atoms with E-state index in [0.29, 0.717) is 13.1 Å². The van der Waals surface area contributed by atoms with E-state index in [9.17, 15) is 9.59 Å². The molecule has 0 bridgehead atoms. The van der Waals surface area contributed by atoms with E-state index >= 15 is 0 Å². The number of rotatable bonds is 5. The lowest BCUT2D eigenvalue weighted by Gasteiger charge is -2.39. The molecule has 2 amide bonds. The first-order chi connectivity index (χ1) is 11.9. The van der Waals surface area contributed by atoms with Crippen LogP contribution in [0.2, 0.25) is 0 Å². The standard InChI is InChI=1S/C19H36N4O2/c1-4-22(5-2)17(24)15-21-11-8-12-23(14-13-21)18(25)16-9-6-7-10-19(16,3)20/h16H,4-15,20H2,1-3H3. The summed E-state index contributed by atoms with van der Waals surface area (Å²) in [6.07, 6.45) is 4.99. The van der Waals surface area contributed by atoms with Crippen LogP contribution in [-0.4, -0.2) is 77.9 Å². The quantitative estimate of drug-likeness (QED) is 0.810. The van der Waals surface area contributed by atoms with E-state index < -0.39 is 0 Å². The molecular weight excluding hydrogens is 316 g/mol. The van der Waals surface area contributed by atoms with Gasteiger partial charge in [-0.05, 0) is 40.0 Å². The molecule has 0 radical (unpaired) electrons. The largest absolute Gasteiger partial charge is 0.342 e. The van der Waals surface area contributed by atoms with Gasteiger partial charge in [0.1, 0.15) is 0 Å². The van der Waals surface area contributed by atoms with E-state index in [2.05, 4.69) is 4.90 Å². The Morgan fingerprint density at radius 3 is 2.44 bits per heavy atom. The third-order valence-corrected chi connectivity index (χ3v) is 5.93. The highest BCUT2D eigenvalue weighted by Gasteiger charge is 2.40. The molecule has 0 aromatic heterocycles. The van der Waals surface area contributed by atoms with Crippen molar-refractivity contribution in [3.05, 3.63) is 0 Å². The topological polar surface area (TPSA) is 69.9 Å². The van der Waals surface area contributed by atoms with Gasteiger partial charge in [-0.3, -0.25) is 14.5 Å². The molecule has 1 aliphatic heterocycles. The van der Waals surface area contributed by atoms with E-state index in [1.165, 1.54) is 0 Å². The van der Waals surface area contributed by atoms with Crippen molar-refractivity contribution in [3.63, 3.8) is 0 Å². The zero-order valence-electron chi connectivity index (χ0n) is 16.3. The molecule has 0 aromatic rings. The maximum absolute atomic E-state index is 13.0. The van der Waals surface area contributed by atoms with E-state index in [1.54, 1.807) is 0 Å². The Labute approximate surface area is 152 Å². The second-order valence-corrected chi connectivity index (χ2v) is 7.83. The van der Waals surface area contributed by atoms with Crippen molar-refractivity contribution in [1.82, 2.24) is 14.7 Å². The maximum atomic E-state index is 13.0. The minimum atomic E-state index is -0.375. The highest BCUT2D eigenvalue weighted by Crippen LogP contribution is 2.33. The van der Waals surface area contributed by atoms with Crippen molar-refractivity contribution in [2.24, 2.45) is 11.7 Å². The second-order valence-electron chi connectivity index (χ2n) is 7.83. The maximum Gasteiger partial charge on any atom is 0.236 e. The molecule has 2 fully saturated rings. The van der Waals surface area contributed by atoms with Crippen LogP contribution in [0.3, 0.4) is 0 Å². The van der Waals surface area contributed by atoms with Crippen LogP contribution in [0.25, 0.3) is 0 Å². The minimum absolute atomic E-state index is 0.0508. The summed E-state index contributed by atoms with van der Waals surface area (Å²) in [5.41, 5.74) is 6.04. The first-order valence-electron chi connectivity index (χ1n) is 9.96. The number of carbonyl (C=O) groups is 2. The van der Waals surface area contributed by atoms with Crippen LogP contribution in [0.1, 0.15) is 52.9 Å². The normalized spacial score (nSPS) is 28.5. The second kappa shape index (κ2) is 8.99. The molecular formula is C19H36N4O2. The Hall–Kier alpha value is -1.14. The van der Waals surface area contributed by atoms with Gasteiger partial charge in [-0.15, -0.1) is 0 Å². The van der Waals surface area contributed by atoms with Crippen molar-refractivity contribution in [1.29, 1.82) is 0 Å². The summed E-state index contributed by atoms with van der Waals surface area (Å²) in [4.78, 5) is 31.4. The Balaban J connectivity index is 1.90. The lowest BCUT2D eigenvalue weighted by atomic mass is 9.74. The average Bonchev–Trinajstić information content (AvgIpc) is 2.80. The molecule has 2 N–H and O–H groups in total. The van der Waals surface area contributed by atoms with Crippen molar-refractivity contribution in [2.75, 3.05) is 45.8 Å². The Morgan fingerprint density at radius 2 is 1.80 bits per heavy atom. The number of nitrogens with two attached hydrogens (primary N) is 1. The van der Waals surface area contributed by atoms with Crippen molar-refractivity contribution in [2.45, 2.75) is 58.4 Å². The van der Waals surface area contributed by atoms with Crippen LogP contribution in [0, 0.1) is 5.92 Å². The van der Waals surface area contributed by atoms with E-state index in [-0.39, 0.29) is 23.3 Å². The molecule has 2 aliphatic rings. The van der Waals surface area contributed by atoms with Crippen LogP contribution < -0.4 is 5.73 Å². The molecule has 144 valence electrons. The van der Waals surface area contributed by atoms with Gasteiger partial charge >= 0.3 is 0 Å². The molecule has 2 atom stereocenters. The van der Waals surface area contributed by atoms with E-state index in [0.717, 1.165) is 64.8 Å². The molecule has 6 nitrogen and oxygen atoms in total. The summed E-state index contributed by atoms with van der Waals surface area (Å²) >= 11 is 0. The van der Waals surface area contributed by atoms with Gasteiger partial charge in [-0.2, -0.15) is 0 Å². The number of hydrogen-bond donors (Lipinski definition) is 1. The summed E-state index contributed by atoms with van der Waals surface area (Å²) in [7, 11) is 0. The molecule has 2 unspecified atom stereocenters. The lowest BCUT2D eigenvalue weighted by Crippen LogP contribution is -2.54. The Bertz CT molecular complexity index is 462. The van der Waals surface area contributed by atoms with Gasteiger partial charge in [-0.25, -0.2) is 0 Å². The average molecular weight is 353 g/mol. The third-order valence-electron chi connectivity index (χ3n) is 5.93. The monoisotopic (exact) mass is 352 g/mol.